The van der Waals surface area contributed by atoms with E-state index < -0.39 is 21.7 Å². The van der Waals surface area contributed by atoms with Crippen LogP contribution < -0.4 is 5.32 Å². The second-order valence-corrected chi connectivity index (χ2v) is 7.92. The topological polar surface area (TPSA) is 89.9 Å². The third-order valence-electron chi connectivity index (χ3n) is 3.23. The van der Waals surface area contributed by atoms with E-state index in [1.807, 2.05) is 19.0 Å². The van der Waals surface area contributed by atoms with Crippen molar-refractivity contribution >= 4 is 15.9 Å². The lowest BCUT2D eigenvalue weighted by atomic mass is 10.1. The summed E-state index contributed by atoms with van der Waals surface area (Å²) in [6, 6.07) is -0.653. The number of rotatable bonds is 6. The molecule has 1 aliphatic rings. The van der Waals surface area contributed by atoms with E-state index in [4.69, 9.17) is 0 Å². The summed E-state index contributed by atoms with van der Waals surface area (Å²) < 4.78 is 24.4. The molecule has 2 atom stereocenters. The first-order valence-corrected chi connectivity index (χ1v) is 8.49. The Morgan fingerprint density at radius 3 is 2.60 bits per heavy atom. The molecule has 0 aromatic heterocycles. The van der Waals surface area contributed by atoms with E-state index in [-0.39, 0.29) is 12.5 Å². The van der Waals surface area contributed by atoms with Gasteiger partial charge in [-0.2, -0.15) is 4.31 Å². The third-order valence-corrected chi connectivity index (χ3v) is 4.52. The second-order valence-electron chi connectivity index (χ2n) is 5.98. The highest BCUT2D eigenvalue weighted by Crippen LogP contribution is 2.20. The Kier molecular flexibility index (Phi) is 5.54. The van der Waals surface area contributed by atoms with Crippen molar-refractivity contribution in [2.75, 3.05) is 40.0 Å². The number of carbonyl (C=O) groups is 1. The molecule has 0 spiro atoms. The predicted molar refractivity (Wildman–Crippen MR) is 76.8 cm³/mol. The lowest BCUT2D eigenvalue weighted by Crippen LogP contribution is -2.51. The van der Waals surface area contributed by atoms with Gasteiger partial charge in [-0.05, 0) is 33.9 Å². The number of hydrogen-bond acceptors (Lipinski definition) is 5. The van der Waals surface area contributed by atoms with E-state index in [0.29, 0.717) is 25.9 Å². The van der Waals surface area contributed by atoms with Gasteiger partial charge in [0, 0.05) is 19.6 Å². The van der Waals surface area contributed by atoms with Crippen LogP contribution in [-0.2, 0) is 14.8 Å². The largest absolute Gasteiger partial charge is 0.387 e. The molecular formula is C12H25N3O4S. The van der Waals surface area contributed by atoms with Crippen LogP contribution in [0, 0.1) is 0 Å². The zero-order valence-electron chi connectivity index (χ0n) is 12.6. The fraction of sp³-hybridized carbons (Fsp3) is 0.917. The molecular weight excluding hydrogens is 282 g/mol. The maximum atomic E-state index is 12.1. The normalized spacial score (nSPS) is 23.8. The molecule has 118 valence electrons. The molecule has 1 fully saturated rings. The van der Waals surface area contributed by atoms with Gasteiger partial charge in [0.25, 0.3) is 0 Å². The summed E-state index contributed by atoms with van der Waals surface area (Å²) in [6.45, 7) is 2.52. The molecule has 1 amide bonds. The molecule has 0 aliphatic carbocycles. The summed E-state index contributed by atoms with van der Waals surface area (Å²) >= 11 is 0. The Bertz CT molecular complexity index is 448. The van der Waals surface area contributed by atoms with Crippen LogP contribution in [0.5, 0.6) is 0 Å². The Morgan fingerprint density at radius 1 is 1.50 bits per heavy atom. The lowest BCUT2D eigenvalue weighted by molar-refractivity contribution is -0.125. The van der Waals surface area contributed by atoms with Gasteiger partial charge in [-0.25, -0.2) is 8.42 Å². The van der Waals surface area contributed by atoms with Crippen LogP contribution in [-0.4, -0.2) is 80.3 Å². The van der Waals surface area contributed by atoms with Gasteiger partial charge >= 0.3 is 0 Å². The fourth-order valence-corrected chi connectivity index (χ4v) is 3.66. The summed E-state index contributed by atoms with van der Waals surface area (Å²) in [5.74, 6) is -0.341. The minimum Gasteiger partial charge on any atom is -0.387 e. The smallest absolute Gasteiger partial charge is 0.238 e. The SMILES string of the molecule is CN(C)CC(C)(O)CNC(=O)C1CCCN1S(C)(=O)=O. The minimum absolute atomic E-state index is 0.0954. The maximum absolute atomic E-state index is 12.1. The van der Waals surface area contributed by atoms with Gasteiger partial charge in [0.2, 0.25) is 15.9 Å². The summed E-state index contributed by atoms with van der Waals surface area (Å²) in [6.07, 6.45) is 2.31. The first kappa shape index (κ1) is 17.4. The summed E-state index contributed by atoms with van der Waals surface area (Å²) in [4.78, 5) is 13.9. The summed E-state index contributed by atoms with van der Waals surface area (Å²) in [5, 5.41) is 12.8. The van der Waals surface area contributed by atoms with Gasteiger partial charge in [-0.1, -0.05) is 0 Å². The van der Waals surface area contributed by atoms with Gasteiger partial charge in [-0.15, -0.1) is 0 Å². The molecule has 1 heterocycles. The summed E-state index contributed by atoms with van der Waals surface area (Å²) in [7, 11) is 0.296. The molecule has 0 bridgehead atoms. The number of sulfonamides is 1. The molecule has 1 saturated heterocycles. The molecule has 2 unspecified atom stereocenters. The van der Waals surface area contributed by atoms with E-state index in [9.17, 15) is 18.3 Å². The number of likely N-dealkylation sites (N-methyl/N-ethyl adjacent to an activating group) is 1. The Hall–Kier alpha value is -0.700. The van der Waals surface area contributed by atoms with Crippen LogP contribution in [0.2, 0.25) is 0 Å². The summed E-state index contributed by atoms with van der Waals surface area (Å²) in [5.41, 5.74) is -1.05. The zero-order chi connectivity index (χ0) is 15.6. The maximum Gasteiger partial charge on any atom is 0.238 e. The fourth-order valence-electron chi connectivity index (χ4n) is 2.53. The Balaban J connectivity index is 2.59. The van der Waals surface area contributed by atoms with Crippen molar-refractivity contribution in [1.82, 2.24) is 14.5 Å². The van der Waals surface area contributed by atoms with Gasteiger partial charge in [0.1, 0.15) is 6.04 Å². The molecule has 1 rings (SSSR count). The third kappa shape index (κ3) is 5.01. The zero-order valence-corrected chi connectivity index (χ0v) is 13.4. The molecule has 0 radical (unpaired) electrons. The number of nitrogens with zero attached hydrogens (tertiary/aromatic N) is 2. The molecule has 8 heteroatoms. The average molecular weight is 307 g/mol. The van der Waals surface area contributed by atoms with Gasteiger partial charge in [0.05, 0.1) is 11.9 Å². The van der Waals surface area contributed by atoms with Gasteiger partial charge < -0.3 is 15.3 Å². The van der Waals surface area contributed by atoms with Crippen LogP contribution in [0.25, 0.3) is 0 Å². The van der Waals surface area contributed by atoms with Crippen LogP contribution >= 0.6 is 0 Å². The Morgan fingerprint density at radius 2 is 2.10 bits per heavy atom. The molecule has 0 aromatic carbocycles. The highest BCUT2D eigenvalue weighted by Gasteiger charge is 2.37. The second kappa shape index (κ2) is 6.38. The molecule has 2 N–H and O–H groups in total. The molecule has 1 aliphatic heterocycles. The van der Waals surface area contributed by atoms with Crippen LogP contribution in [0.15, 0.2) is 0 Å². The number of hydrogen-bond donors (Lipinski definition) is 2. The molecule has 0 aromatic rings. The first-order valence-electron chi connectivity index (χ1n) is 6.64. The highest BCUT2D eigenvalue weighted by atomic mass is 32.2. The number of amides is 1. The van der Waals surface area contributed by atoms with Gasteiger partial charge in [-0.3, -0.25) is 4.79 Å². The first-order chi connectivity index (χ1) is 9.03. The number of aliphatic hydroxyl groups is 1. The predicted octanol–water partition coefficient (Wildman–Crippen LogP) is -1.16. The van der Waals surface area contributed by atoms with E-state index in [0.717, 1.165) is 6.26 Å². The Labute approximate surface area is 121 Å². The van der Waals surface area contributed by atoms with Crippen LogP contribution in [0.4, 0.5) is 0 Å². The van der Waals surface area contributed by atoms with Crippen molar-refractivity contribution in [3.05, 3.63) is 0 Å². The van der Waals surface area contributed by atoms with Crippen molar-refractivity contribution in [2.45, 2.75) is 31.4 Å². The molecule has 7 nitrogen and oxygen atoms in total. The van der Waals surface area contributed by atoms with Crippen molar-refractivity contribution < 1.29 is 18.3 Å². The van der Waals surface area contributed by atoms with Crippen molar-refractivity contribution in [3.8, 4) is 0 Å². The monoisotopic (exact) mass is 307 g/mol. The number of nitrogens with one attached hydrogen (secondary N) is 1. The van der Waals surface area contributed by atoms with Crippen LogP contribution in [0.1, 0.15) is 19.8 Å². The highest BCUT2D eigenvalue weighted by molar-refractivity contribution is 7.88. The standard InChI is InChI=1S/C12H25N3O4S/c1-12(17,9-14(2)3)8-13-11(16)10-6-5-7-15(10)20(4,18)19/h10,17H,5-9H2,1-4H3,(H,13,16). The molecule has 20 heavy (non-hydrogen) atoms. The quantitative estimate of drug-likeness (QED) is 0.646. The van der Waals surface area contributed by atoms with E-state index in [1.165, 1.54) is 4.31 Å². The van der Waals surface area contributed by atoms with Gasteiger partial charge in [0.15, 0.2) is 0 Å². The van der Waals surface area contributed by atoms with E-state index >= 15 is 0 Å². The van der Waals surface area contributed by atoms with Crippen molar-refractivity contribution in [1.29, 1.82) is 0 Å². The average Bonchev–Trinajstić information content (AvgIpc) is 2.72. The minimum atomic E-state index is -3.37. The lowest BCUT2D eigenvalue weighted by Gasteiger charge is -2.28. The van der Waals surface area contributed by atoms with E-state index in [2.05, 4.69) is 5.32 Å². The van der Waals surface area contributed by atoms with Crippen LogP contribution in [0.3, 0.4) is 0 Å². The van der Waals surface area contributed by atoms with E-state index in [1.54, 1.807) is 6.92 Å². The van der Waals surface area contributed by atoms with Crippen molar-refractivity contribution in [2.24, 2.45) is 0 Å². The molecule has 0 saturated carbocycles. The van der Waals surface area contributed by atoms with Crippen molar-refractivity contribution in [3.63, 3.8) is 0 Å². The number of carbonyl (C=O) groups excluding carboxylic acids is 1.